The summed E-state index contributed by atoms with van der Waals surface area (Å²) in [5, 5.41) is 2.56. The van der Waals surface area contributed by atoms with E-state index in [2.05, 4.69) is 10.1 Å². The lowest BCUT2D eigenvalue weighted by Crippen LogP contribution is -2.50. The van der Waals surface area contributed by atoms with Crippen molar-refractivity contribution in [2.75, 3.05) is 20.3 Å². The normalized spacial score (nSPS) is 22.8. The molecule has 9 nitrogen and oxygen atoms in total. The van der Waals surface area contributed by atoms with Crippen molar-refractivity contribution in [3.05, 3.63) is 29.8 Å². The van der Waals surface area contributed by atoms with Crippen LogP contribution in [0.3, 0.4) is 0 Å². The van der Waals surface area contributed by atoms with Crippen molar-refractivity contribution >= 4 is 31.2 Å². The molecule has 158 valence electrons. The molecule has 1 amide bonds. The number of ether oxygens (including phenoxy) is 1. The third-order valence-electron chi connectivity index (χ3n) is 4.29. The highest BCUT2D eigenvalue weighted by Gasteiger charge is 2.50. The number of benzene rings is 1. The standard InChI is InChI=1S/C19H24NO8P/c1-13(11-21)14-7-5-6-8-15(14)27-29(24)26-12-19(2,3)17(28-29)18(23)20-10-9-16(22)25-4/h5-8,17H,9-10,12H2,1-4H3,(H,20,23)/t17-,29?/m0/s1. The Labute approximate surface area is 169 Å². The number of rotatable bonds is 7. The van der Waals surface area contributed by atoms with E-state index in [1.54, 1.807) is 38.0 Å². The molecular formula is C19H24NO8P. The number of hydrogen-bond acceptors (Lipinski definition) is 8. The summed E-state index contributed by atoms with van der Waals surface area (Å²) in [4.78, 5) is 34.8. The highest BCUT2D eigenvalue weighted by atomic mass is 31.2. The Morgan fingerprint density at radius 3 is 2.69 bits per heavy atom. The van der Waals surface area contributed by atoms with Gasteiger partial charge < -0.3 is 14.6 Å². The average Bonchev–Trinajstić information content (AvgIpc) is 2.69. The van der Waals surface area contributed by atoms with Gasteiger partial charge in [0.15, 0.2) is 6.10 Å². The van der Waals surface area contributed by atoms with Crippen LogP contribution in [0.25, 0.3) is 5.57 Å². The molecule has 0 bridgehead atoms. The van der Waals surface area contributed by atoms with E-state index in [1.807, 2.05) is 0 Å². The maximum atomic E-state index is 13.1. The molecule has 2 atom stereocenters. The van der Waals surface area contributed by atoms with Crippen LogP contribution in [-0.4, -0.2) is 44.2 Å². The number of para-hydroxylation sites is 1. The molecule has 0 aliphatic carbocycles. The number of carbonyl (C=O) groups excluding carboxylic acids is 3. The van der Waals surface area contributed by atoms with E-state index < -0.39 is 31.2 Å². The number of hydrogen-bond donors (Lipinski definition) is 1. The zero-order chi connectivity index (χ0) is 21.7. The lowest BCUT2D eigenvalue weighted by Gasteiger charge is -2.39. The van der Waals surface area contributed by atoms with Crippen molar-refractivity contribution in [1.82, 2.24) is 5.32 Å². The molecule has 1 aliphatic heterocycles. The molecular weight excluding hydrogens is 401 g/mol. The maximum absolute atomic E-state index is 13.1. The second kappa shape index (κ2) is 9.37. The molecule has 1 saturated heterocycles. The number of methoxy groups -OCH3 is 1. The first-order valence-corrected chi connectivity index (χ1v) is 10.4. The molecule has 1 aromatic rings. The van der Waals surface area contributed by atoms with Crippen LogP contribution in [-0.2, 0) is 32.7 Å². The van der Waals surface area contributed by atoms with E-state index >= 15 is 0 Å². The van der Waals surface area contributed by atoms with Gasteiger partial charge in [0.2, 0.25) is 0 Å². The van der Waals surface area contributed by atoms with Crippen LogP contribution in [0.15, 0.2) is 24.3 Å². The Balaban J connectivity index is 2.17. The summed E-state index contributed by atoms with van der Waals surface area (Å²) in [6.07, 6.45) is -1.15. The number of phosphoric ester groups is 1. The molecule has 1 unspecified atom stereocenters. The molecule has 1 aliphatic rings. The SMILES string of the molecule is COC(=O)CCNC(=O)[C@@H]1OP(=O)(Oc2ccccc2C(C)=C=O)OCC1(C)C. The summed E-state index contributed by atoms with van der Waals surface area (Å²) in [6, 6.07) is 6.43. The first-order chi connectivity index (χ1) is 13.6. The number of nitrogens with one attached hydrogen (secondary N) is 1. The van der Waals surface area contributed by atoms with Crippen molar-refractivity contribution in [1.29, 1.82) is 0 Å². The monoisotopic (exact) mass is 425 g/mol. The minimum atomic E-state index is -4.15. The number of amides is 1. The van der Waals surface area contributed by atoms with E-state index in [4.69, 9.17) is 13.6 Å². The van der Waals surface area contributed by atoms with Gasteiger partial charge in [-0.3, -0.25) is 18.6 Å². The van der Waals surface area contributed by atoms with Crippen LogP contribution < -0.4 is 9.84 Å². The molecule has 0 saturated carbocycles. The van der Waals surface area contributed by atoms with Crippen molar-refractivity contribution in [2.45, 2.75) is 33.3 Å². The summed E-state index contributed by atoms with van der Waals surface area (Å²) in [6.45, 7) is 4.95. The van der Waals surface area contributed by atoms with Crippen LogP contribution in [0.4, 0.5) is 0 Å². The molecule has 0 aromatic heterocycles. The molecule has 10 heteroatoms. The third-order valence-corrected chi connectivity index (χ3v) is 5.62. The predicted molar refractivity (Wildman–Crippen MR) is 104 cm³/mol. The number of carbonyl (C=O) groups is 2. The quantitative estimate of drug-likeness (QED) is 0.402. The van der Waals surface area contributed by atoms with Crippen molar-refractivity contribution < 1.29 is 37.3 Å². The third kappa shape index (κ3) is 5.78. The van der Waals surface area contributed by atoms with Crippen LogP contribution in [0.5, 0.6) is 5.75 Å². The first-order valence-electron chi connectivity index (χ1n) is 8.90. The van der Waals surface area contributed by atoms with Gasteiger partial charge >= 0.3 is 13.8 Å². The fraction of sp³-hybridized carbons (Fsp3) is 0.474. The minimum Gasteiger partial charge on any atom is -0.469 e. The maximum Gasteiger partial charge on any atom is 0.530 e. The Morgan fingerprint density at radius 2 is 2.03 bits per heavy atom. The number of phosphoric acid groups is 1. The fourth-order valence-corrected chi connectivity index (χ4v) is 4.27. The Kier molecular flexibility index (Phi) is 7.38. The van der Waals surface area contributed by atoms with E-state index in [0.29, 0.717) is 5.56 Å². The van der Waals surface area contributed by atoms with E-state index in [9.17, 15) is 18.9 Å². The molecule has 1 N–H and O–H groups in total. The summed E-state index contributed by atoms with van der Waals surface area (Å²) >= 11 is 0. The highest BCUT2D eigenvalue weighted by Crippen LogP contribution is 2.57. The van der Waals surface area contributed by atoms with Crippen LogP contribution >= 0.6 is 7.82 Å². The largest absolute Gasteiger partial charge is 0.530 e. The zero-order valence-corrected chi connectivity index (χ0v) is 17.6. The molecule has 0 spiro atoms. The lowest BCUT2D eigenvalue weighted by molar-refractivity contribution is -0.142. The molecule has 29 heavy (non-hydrogen) atoms. The zero-order valence-electron chi connectivity index (χ0n) is 16.7. The Morgan fingerprint density at radius 1 is 1.34 bits per heavy atom. The first kappa shape index (κ1) is 22.8. The summed E-state index contributed by atoms with van der Waals surface area (Å²) in [5.74, 6) is 0.851. The number of allylic oxidation sites excluding steroid dienone is 1. The highest BCUT2D eigenvalue weighted by molar-refractivity contribution is 7.49. The molecule has 0 radical (unpaired) electrons. The molecule has 1 fully saturated rings. The Bertz CT molecular complexity index is 875. The second-order valence-electron chi connectivity index (χ2n) is 7.13. The Hall–Kier alpha value is -2.44. The van der Waals surface area contributed by atoms with Gasteiger partial charge in [-0.15, -0.1) is 0 Å². The van der Waals surface area contributed by atoms with Crippen LogP contribution in [0, 0.1) is 5.41 Å². The van der Waals surface area contributed by atoms with E-state index in [1.165, 1.54) is 20.1 Å². The molecule has 2 rings (SSSR count). The van der Waals surface area contributed by atoms with Crippen LogP contribution in [0.1, 0.15) is 32.8 Å². The fourth-order valence-electron chi connectivity index (χ4n) is 2.59. The van der Waals surface area contributed by atoms with Gasteiger partial charge in [-0.25, -0.2) is 9.36 Å². The van der Waals surface area contributed by atoms with Crippen molar-refractivity contribution in [2.24, 2.45) is 5.41 Å². The average molecular weight is 425 g/mol. The van der Waals surface area contributed by atoms with Gasteiger partial charge in [-0.2, -0.15) is 0 Å². The van der Waals surface area contributed by atoms with Crippen molar-refractivity contribution in [3.63, 3.8) is 0 Å². The lowest BCUT2D eigenvalue weighted by atomic mass is 9.87. The van der Waals surface area contributed by atoms with Gasteiger partial charge in [-0.05, 0) is 13.0 Å². The minimum absolute atomic E-state index is 0.00919. The van der Waals surface area contributed by atoms with E-state index in [-0.39, 0.29) is 30.9 Å². The number of esters is 1. The second-order valence-corrected chi connectivity index (χ2v) is 8.67. The van der Waals surface area contributed by atoms with Crippen molar-refractivity contribution in [3.8, 4) is 5.75 Å². The van der Waals surface area contributed by atoms with Crippen LogP contribution in [0.2, 0.25) is 0 Å². The van der Waals surface area contributed by atoms with E-state index in [0.717, 1.165) is 0 Å². The topological polar surface area (TPSA) is 117 Å². The summed E-state index contributed by atoms with van der Waals surface area (Å²) in [7, 11) is -2.90. The van der Waals surface area contributed by atoms with Gasteiger partial charge in [0.05, 0.1) is 20.1 Å². The smallest absolute Gasteiger partial charge is 0.469 e. The van der Waals surface area contributed by atoms with Gasteiger partial charge in [0.25, 0.3) is 5.91 Å². The predicted octanol–water partition coefficient (Wildman–Crippen LogP) is 2.53. The molecule has 1 heterocycles. The van der Waals surface area contributed by atoms with Gasteiger partial charge in [-0.1, -0.05) is 32.0 Å². The summed E-state index contributed by atoms with van der Waals surface area (Å²) < 4.78 is 33.9. The van der Waals surface area contributed by atoms with Gasteiger partial charge in [0.1, 0.15) is 11.7 Å². The molecule has 1 aromatic carbocycles. The summed E-state index contributed by atoms with van der Waals surface area (Å²) in [5.41, 5.74) is -0.166. The van der Waals surface area contributed by atoms with Gasteiger partial charge in [0, 0.05) is 23.1 Å².